The van der Waals surface area contributed by atoms with Crippen LogP contribution in [-0.4, -0.2) is 19.1 Å². The highest BCUT2D eigenvalue weighted by Crippen LogP contribution is 2.13. The SMILES string of the molecule is CN(C)c1ccc(CNc2ccc(C#N)nc2)cc1. The average molecular weight is 252 g/mol. The van der Waals surface area contributed by atoms with Gasteiger partial charge in [-0.05, 0) is 29.8 Å². The van der Waals surface area contributed by atoms with Gasteiger partial charge in [0.25, 0.3) is 0 Å². The number of benzene rings is 1. The molecule has 0 saturated carbocycles. The Hall–Kier alpha value is -2.54. The minimum Gasteiger partial charge on any atom is -0.380 e. The lowest BCUT2D eigenvalue weighted by atomic mass is 10.2. The molecule has 1 N–H and O–H groups in total. The van der Waals surface area contributed by atoms with Gasteiger partial charge in [-0.15, -0.1) is 0 Å². The Bertz CT molecular complexity index is 565. The van der Waals surface area contributed by atoms with Crippen LogP contribution in [0.5, 0.6) is 0 Å². The molecule has 0 bridgehead atoms. The Morgan fingerprint density at radius 1 is 1.16 bits per heavy atom. The van der Waals surface area contributed by atoms with E-state index in [0.717, 1.165) is 12.2 Å². The van der Waals surface area contributed by atoms with Crippen LogP contribution >= 0.6 is 0 Å². The van der Waals surface area contributed by atoms with E-state index in [4.69, 9.17) is 5.26 Å². The molecular weight excluding hydrogens is 236 g/mol. The fraction of sp³-hybridized carbons (Fsp3) is 0.200. The number of anilines is 2. The second kappa shape index (κ2) is 5.87. The summed E-state index contributed by atoms with van der Waals surface area (Å²) in [7, 11) is 4.05. The summed E-state index contributed by atoms with van der Waals surface area (Å²) < 4.78 is 0. The molecule has 0 radical (unpaired) electrons. The van der Waals surface area contributed by atoms with Crippen LogP contribution in [0.15, 0.2) is 42.6 Å². The number of rotatable bonds is 4. The molecule has 2 aromatic rings. The van der Waals surface area contributed by atoms with E-state index in [2.05, 4.69) is 39.5 Å². The van der Waals surface area contributed by atoms with Gasteiger partial charge in [-0.25, -0.2) is 4.98 Å². The molecule has 0 atom stereocenters. The van der Waals surface area contributed by atoms with Crippen molar-refractivity contribution in [2.75, 3.05) is 24.3 Å². The van der Waals surface area contributed by atoms with Gasteiger partial charge in [0.15, 0.2) is 0 Å². The monoisotopic (exact) mass is 252 g/mol. The molecule has 4 heteroatoms. The number of aromatic nitrogens is 1. The molecular formula is C15H16N4. The van der Waals surface area contributed by atoms with Gasteiger partial charge in [0, 0.05) is 26.3 Å². The summed E-state index contributed by atoms with van der Waals surface area (Å²) in [6, 6.07) is 13.9. The fourth-order valence-corrected chi connectivity index (χ4v) is 1.68. The van der Waals surface area contributed by atoms with Crippen molar-refractivity contribution in [1.29, 1.82) is 5.26 Å². The van der Waals surface area contributed by atoms with Crippen molar-refractivity contribution in [3.8, 4) is 6.07 Å². The van der Waals surface area contributed by atoms with Crippen molar-refractivity contribution in [3.05, 3.63) is 53.9 Å². The molecule has 2 rings (SSSR count). The van der Waals surface area contributed by atoms with E-state index in [0.29, 0.717) is 5.69 Å². The largest absolute Gasteiger partial charge is 0.380 e. The standard InChI is InChI=1S/C15H16N4/c1-19(2)15-7-3-12(4-8-15)10-17-14-6-5-13(9-16)18-11-14/h3-8,11,17H,10H2,1-2H3. The number of nitrogens with one attached hydrogen (secondary N) is 1. The quantitative estimate of drug-likeness (QED) is 0.908. The van der Waals surface area contributed by atoms with Crippen LogP contribution in [0, 0.1) is 11.3 Å². The Morgan fingerprint density at radius 2 is 1.89 bits per heavy atom. The fourth-order valence-electron chi connectivity index (χ4n) is 1.68. The average Bonchev–Trinajstić information content (AvgIpc) is 2.46. The molecule has 96 valence electrons. The van der Waals surface area contributed by atoms with Crippen molar-refractivity contribution >= 4 is 11.4 Å². The Kier molecular flexibility index (Phi) is 3.99. The Morgan fingerprint density at radius 3 is 2.42 bits per heavy atom. The smallest absolute Gasteiger partial charge is 0.140 e. The van der Waals surface area contributed by atoms with Crippen LogP contribution in [0.3, 0.4) is 0 Å². The zero-order valence-electron chi connectivity index (χ0n) is 11.1. The van der Waals surface area contributed by atoms with Gasteiger partial charge in [0.1, 0.15) is 11.8 Å². The van der Waals surface area contributed by atoms with Gasteiger partial charge >= 0.3 is 0 Å². The zero-order chi connectivity index (χ0) is 13.7. The van der Waals surface area contributed by atoms with Gasteiger partial charge in [-0.2, -0.15) is 5.26 Å². The maximum Gasteiger partial charge on any atom is 0.140 e. The van der Waals surface area contributed by atoms with Crippen molar-refractivity contribution in [1.82, 2.24) is 4.98 Å². The first-order chi connectivity index (χ1) is 9.19. The van der Waals surface area contributed by atoms with Gasteiger partial charge in [0.05, 0.1) is 11.9 Å². The van der Waals surface area contributed by atoms with Crippen LogP contribution in [0.4, 0.5) is 11.4 Å². The summed E-state index contributed by atoms with van der Waals surface area (Å²) in [4.78, 5) is 6.09. The number of hydrogen-bond donors (Lipinski definition) is 1. The van der Waals surface area contributed by atoms with Crippen molar-refractivity contribution in [2.45, 2.75) is 6.54 Å². The summed E-state index contributed by atoms with van der Waals surface area (Å²) in [5.74, 6) is 0. The first-order valence-corrected chi connectivity index (χ1v) is 6.05. The lowest BCUT2D eigenvalue weighted by Gasteiger charge is -2.13. The molecule has 0 fully saturated rings. The van der Waals surface area contributed by atoms with E-state index in [9.17, 15) is 0 Å². The lowest BCUT2D eigenvalue weighted by molar-refractivity contribution is 1.11. The zero-order valence-corrected chi connectivity index (χ0v) is 11.1. The van der Waals surface area contributed by atoms with E-state index < -0.39 is 0 Å². The second-order valence-corrected chi connectivity index (χ2v) is 4.46. The van der Waals surface area contributed by atoms with Gasteiger partial charge in [-0.1, -0.05) is 12.1 Å². The molecule has 0 aliphatic heterocycles. The molecule has 1 aromatic heterocycles. The van der Waals surface area contributed by atoms with Crippen LogP contribution in [0.25, 0.3) is 0 Å². The lowest BCUT2D eigenvalue weighted by Crippen LogP contribution is -2.08. The maximum absolute atomic E-state index is 8.67. The van der Waals surface area contributed by atoms with E-state index in [1.165, 1.54) is 11.3 Å². The van der Waals surface area contributed by atoms with E-state index in [1.807, 2.05) is 26.2 Å². The van der Waals surface area contributed by atoms with Crippen molar-refractivity contribution < 1.29 is 0 Å². The van der Waals surface area contributed by atoms with Crippen LogP contribution in [0.2, 0.25) is 0 Å². The predicted molar refractivity (Wildman–Crippen MR) is 77.0 cm³/mol. The first-order valence-electron chi connectivity index (χ1n) is 6.05. The molecule has 1 aromatic carbocycles. The van der Waals surface area contributed by atoms with Crippen LogP contribution in [0.1, 0.15) is 11.3 Å². The Balaban J connectivity index is 1.96. The topological polar surface area (TPSA) is 52.0 Å². The molecule has 0 unspecified atom stereocenters. The summed E-state index contributed by atoms with van der Waals surface area (Å²) in [6.45, 7) is 0.737. The minimum atomic E-state index is 0.431. The van der Waals surface area contributed by atoms with Crippen molar-refractivity contribution in [2.24, 2.45) is 0 Å². The molecule has 19 heavy (non-hydrogen) atoms. The Labute approximate surface area is 113 Å². The number of nitrogens with zero attached hydrogens (tertiary/aromatic N) is 3. The first kappa shape index (κ1) is 12.9. The molecule has 0 spiro atoms. The van der Waals surface area contributed by atoms with Crippen LogP contribution in [-0.2, 0) is 6.54 Å². The van der Waals surface area contributed by atoms with Gasteiger partial charge in [-0.3, -0.25) is 0 Å². The third-order valence-electron chi connectivity index (χ3n) is 2.83. The summed E-state index contributed by atoms with van der Waals surface area (Å²) in [5.41, 5.74) is 3.73. The molecule has 0 aliphatic carbocycles. The highest BCUT2D eigenvalue weighted by Gasteiger charge is 1.98. The maximum atomic E-state index is 8.67. The van der Waals surface area contributed by atoms with Gasteiger partial charge < -0.3 is 10.2 Å². The van der Waals surface area contributed by atoms with Gasteiger partial charge in [0.2, 0.25) is 0 Å². The summed E-state index contributed by atoms with van der Waals surface area (Å²) >= 11 is 0. The van der Waals surface area contributed by atoms with E-state index in [1.54, 1.807) is 12.3 Å². The molecule has 1 heterocycles. The minimum absolute atomic E-state index is 0.431. The number of nitriles is 1. The second-order valence-electron chi connectivity index (χ2n) is 4.46. The highest BCUT2D eigenvalue weighted by atomic mass is 15.1. The molecule has 0 aliphatic rings. The third-order valence-corrected chi connectivity index (χ3v) is 2.83. The molecule has 0 amide bonds. The number of pyridine rings is 1. The highest BCUT2D eigenvalue weighted by molar-refractivity contribution is 5.47. The molecule has 4 nitrogen and oxygen atoms in total. The summed E-state index contributed by atoms with van der Waals surface area (Å²) in [6.07, 6.45) is 1.67. The van der Waals surface area contributed by atoms with Crippen molar-refractivity contribution in [3.63, 3.8) is 0 Å². The molecule has 0 saturated heterocycles. The third kappa shape index (κ3) is 3.46. The predicted octanol–water partition coefficient (Wildman–Crippen LogP) is 2.63. The number of hydrogen-bond acceptors (Lipinski definition) is 4. The van der Waals surface area contributed by atoms with Crippen LogP contribution < -0.4 is 10.2 Å². The van der Waals surface area contributed by atoms with E-state index >= 15 is 0 Å². The normalized spacial score (nSPS) is 9.74. The van der Waals surface area contributed by atoms with E-state index in [-0.39, 0.29) is 0 Å². The summed E-state index contributed by atoms with van der Waals surface area (Å²) in [5, 5.41) is 11.9.